The van der Waals surface area contributed by atoms with Crippen molar-refractivity contribution in [3.8, 4) is 0 Å². The Kier molecular flexibility index (Phi) is 3.59. The zero-order valence-electron chi connectivity index (χ0n) is 7.87. The maximum Gasteiger partial charge on any atom is 0.306 e. The Balaban J connectivity index is 2.71. The summed E-state index contributed by atoms with van der Waals surface area (Å²) in [5.74, 6) is -0.886. The van der Waals surface area contributed by atoms with Gasteiger partial charge in [0.15, 0.2) is 0 Å². The number of aliphatic carboxylic acids is 1. The molecule has 5 N–H and O–H groups in total. The number of nitrogens with zero attached hydrogens (tertiary/aromatic N) is 1. The van der Waals surface area contributed by atoms with Crippen LogP contribution in [0.25, 0.3) is 0 Å². The number of hydrogen-bond donors (Lipinski definition) is 4. The molecule has 0 spiro atoms. The standard InChI is InChI=1S/C9H12N2O4/c10-7-2-1-5(4-11-7)9(15)6(12)3-8(13)14/h1-2,4,6,9,12,15H,3H2,(H2,10,11)(H,13,14). The Morgan fingerprint density at radius 2 is 2.13 bits per heavy atom. The second kappa shape index (κ2) is 4.72. The predicted molar refractivity (Wildman–Crippen MR) is 51.9 cm³/mol. The fraction of sp³-hybridized carbons (Fsp3) is 0.333. The minimum atomic E-state index is -1.35. The van der Waals surface area contributed by atoms with Crippen molar-refractivity contribution in [2.75, 3.05) is 5.73 Å². The first-order valence-electron chi connectivity index (χ1n) is 4.30. The van der Waals surface area contributed by atoms with E-state index >= 15 is 0 Å². The Hall–Kier alpha value is -1.66. The highest BCUT2D eigenvalue weighted by atomic mass is 16.4. The van der Waals surface area contributed by atoms with Crippen LogP contribution in [-0.4, -0.2) is 32.4 Å². The summed E-state index contributed by atoms with van der Waals surface area (Å²) in [5, 5.41) is 27.3. The molecule has 2 atom stereocenters. The summed E-state index contributed by atoms with van der Waals surface area (Å²) in [6.07, 6.45) is -1.85. The molecule has 6 nitrogen and oxygen atoms in total. The van der Waals surface area contributed by atoms with Crippen LogP contribution < -0.4 is 5.73 Å². The minimum absolute atomic E-state index is 0.290. The lowest BCUT2D eigenvalue weighted by Gasteiger charge is -2.15. The zero-order chi connectivity index (χ0) is 11.4. The topological polar surface area (TPSA) is 117 Å². The van der Waals surface area contributed by atoms with Gasteiger partial charge in [-0.2, -0.15) is 0 Å². The molecule has 0 aromatic carbocycles. The van der Waals surface area contributed by atoms with E-state index in [1.54, 1.807) is 0 Å². The number of carboxylic acids is 1. The maximum atomic E-state index is 10.3. The number of rotatable bonds is 4. The number of hydrogen-bond acceptors (Lipinski definition) is 5. The lowest BCUT2D eigenvalue weighted by atomic mass is 10.0. The summed E-state index contributed by atoms with van der Waals surface area (Å²) in [4.78, 5) is 14.0. The summed E-state index contributed by atoms with van der Waals surface area (Å²) < 4.78 is 0. The highest BCUT2D eigenvalue weighted by Crippen LogP contribution is 2.18. The van der Waals surface area contributed by atoms with Crippen LogP contribution in [0.15, 0.2) is 18.3 Å². The minimum Gasteiger partial charge on any atom is -0.481 e. The van der Waals surface area contributed by atoms with Crippen molar-refractivity contribution in [2.45, 2.75) is 18.6 Å². The van der Waals surface area contributed by atoms with Crippen molar-refractivity contribution in [2.24, 2.45) is 0 Å². The van der Waals surface area contributed by atoms with Crippen molar-refractivity contribution in [3.05, 3.63) is 23.9 Å². The monoisotopic (exact) mass is 212 g/mol. The molecule has 1 aromatic heterocycles. The number of nitrogen functional groups attached to an aromatic ring is 1. The van der Waals surface area contributed by atoms with Crippen LogP contribution in [0.5, 0.6) is 0 Å². The molecule has 0 aliphatic rings. The van der Waals surface area contributed by atoms with Gasteiger partial charge >= 0.3 is 5.97 Å². The number of anilines is 1. The van der Waals surface area contributed by atoms with Gasteiger partial charge in [0.2, 0.25) is 0 Å². The Morgan fingerprint density at radius 1 is 1.47 bits per heavy atom. The normalized spacial score (nSPS) is 14.5. The number of aliphatic hydroxyl groups is 2. The average Bonchev–Trinajstić information content (AvgIpc) is 2.17. The number of aromatic nitrogens is 1. The summed E-state index contributed by atoms with van der Waals surface area (Å²) in [5.41, 5.74) is 5.67. The van der Waals surface area contributed by atoms with Gasteiger partial charge in [0.25, 0.3) is 0 Å². The molecule has 6 heteroatoms. The largest absolute Gasteiger partial charge is 0.481 e. The highest BCUT2D eigenvalue weighted by Gasteiger charge is 2.21. The average molecular weight is 212 g/mol. The van der Waals surface area contributed by atoms with Gasteiger partial charge in [0.05, 0.1) is 12.5 Å². The van der Waals surface area contributed by atoms with Crippen molar-refractivity contribution in [3.63, 3.8) is 0 Å². The fourth-order valence-corrected chi connectivity index (χ4v) is 1.10. The van der Waals surface area contributed by atoms with Gasteiger partial charge < -0.3 is 21.1 Å². The first kappa shape index (κ1) is 11.4. The number of carbonyl (C=O) groups is 1. The van der Waals surface area contributed by atoms with Gasteiger partial charge in [-0.25, -0.2) is 4.98 Å². The number of pyridine rings is 1. The third kappa shape index (κ3) is 3.19. The first-order valence-corrected chi connectivity index (χ1v) is 4.30. The lowest BCUT2D eigenvalue weighted by Crippen LogP contribution is -2.21. The zero-order valence-corrected chi connectivity index (χ0v) is 7.87. The molecule has 0 saturated carbocycles. The molecule has 2 unspecified atom stereocenters. The number of aliphatic hydroxyl groups excluding tert-OH is 2. The molecule has 0 aliphatic heterocycles. The van der Waals surface area contributed by atoms with Crippen LogP contribution >= 0.6 is 0 Å². The smallest absolute Gasteiger partial charge is 0.306 e. The molecule has 1 aromatic rings. The van der Waals surface area contributed by atoms with Crippen LogP contribution in [0.1, 0.15) is 18.1 Å². The van der Waals surface area contributed by atoms with E-state index in [2.05, 4.69) is 4.98 Å². The van der Waals surface area contributed by atoms with Crippen molar-refractivity contribution < 1.29 is 20.1 Å². The molecule has 0 amide bonds. The Bertz CT molecular complexity index is 338. The molecule has 0 fully saturated rings. The van der Waals surface area contributed by atoms with Gasteiger partial charge in [-0.1, -0.05) is 6.07 Å². The van der Waals surface area contributed by atoms with E-state index in [1.165, 1.54) is 18.3 Å². The van der Waals surface area contributed by atoms with E-state index in [9.17, 15) is 15.0 Å². The van der Waals surface area contributed by atoms with E-state index < -0.39 is 24.6 Å². The highest BCUT2D eigenvalue weighted by molar-refractivity contribution is 5.67. The first-order chi connectivity index (χ1) is 7.00. The summed E-state index contributed by atoms with van der Waals surface area (Å²) in [7, 11) is 0. The molecule has 1 heterocycles. The number of nitrogens with two attached hydrogens (primary N) is 1. The van der Waals surface area contributed by atoms with Crippen LogP contribution in [0.4, 0.5) is 5.82 Å². The Labute approximate surface area is 86.0 Å². The van der Waals surface area contributed by atoms with Crippen LogP contribution in [-0.2, 0) is 4.79 Å². The second-order valence-electron chi connectivity index (χ2n) is 3.13. The van der Waals surface area contributed by atoms with E-state index in [1.807, 2.05) is 0 Å². The fourth-order valence-electron chi connectivity index (χ4n) is 1.10. The molecular weight excluding hydrogens is 200 g/mol. The van der Waals surface area contributed by atoms with E-state index in [0.29, 0.717) is 11.4 Å². The molecule has 82 valence electrons. The quantitative estimate of drug-likeness (QED) is 0.536. The van der Waals surface area contributed by atoms with Gasteiger partial charge in [0, 0.05) is 11.8 Å². The molecule has 1 rings (SSSR count). The van der Waals surface area contributed by atoms with Gasteiger partial charge in [0.1, 0.15) is 11.9 Å². The third-order valence-corrected chi connectivity index (χ3v) is 1.90. The van der Waals surface area contributed by atoms with Gasteiger partial charge in [-0.05, 0) is 6.07 Å². The molecule has 15 heavy (non-hydrogen) atoms. The van der Waals surface area contributed by atoms with Crippen LogP contribution in [0.3, 0.4) is 0 Å². The maximum absolute atomic E-state index is 10.3. The molecule has 0 aliphatic carbocycles. The third-order valence-electron chi connectivity index (χ3n) is 1.90. The SMILES string of the molecule is Nc1ccc(C(O)C(O)CC(=O)O)cn1. The predicted octanol–water partition coefficient (Wildman–Crippen LogP) is -0.467. The van der Waals surface area contributed by atoms with Crippen LogP contribution in [0.2, 0.25) is 0 Å². The van der Waals surface area contributed by atoms with Crippen molar-refractivity contribution in [1.29, 1.82) is 0 Å². The lowest BCUT2D eigenvalue weighted by molar-refractivity contribution is -0.141. The number of carboxylic acid groups (broad SMARTS) is 1. The summed E-state index contributed by atoms with van der Waals surface area (Å²) >= 11 is 0. The Morgan fingerprint density at radius 3 is 2.60 bits per heavy atom. The molecule has 0 saturated heterocycles. The van der Waals surface area contributed by atoms with Gasteiger partial charge in [-0.15, -0.1) is 0 Å². The molecular formula is C9H12N2O4. The van der Waals surface area contributed by atoms with E-state index in [4.69, 9.17) is 10.8 Å². The van der Waals surface area contributed by atoms with E-state index in [0.717, 1.165) is 0 Å². The molecule has 0 bridgehead atoms. The van der Waals surface area contributed by atoms with Crippen molar-refractivity contribution >= 4 is 11.8 Å². The second-order valence-corrected chi connectivity index (χ2v) is 3.13. The van der Waals surface area contributed by atoms with E-state index in [-0.39, 0.29) is 0 Å². The van der Waals surface area contributed by atoms with Crippen molar-refractivity contribution in [1.82, 2.24) is 4.98 Å². The van der Waals surface area contributed by atoms with Gasteiger partial charge in [-0.3, -0.25) is 4.79 Å². The van der Waals surface area contributed by atoms with Crippen LogP contribution in [0, 0.1) is 0 Å². The molecule has 0 radical (unpaired) electrons. The summed E-state index contributed by atoms with van der Waals surface area (Å²) in [6, 6.07) is 2.95. The summed E-state index contributed by atoms with van der Waals surface area (Å²) in [6.45, 7) is 0.